The van der Waals surface area contributed by atoms with Gasteiger partial charge in [0.2, 0.25) is 5.91 Å². The van der Waals surface area contributed by atoms with Gasteiger partial charge in [0, 0.05) is 31.7 Å². The van der Waals surface area contributed by atoms with Gasteiger partial charge in [-0.25, -0.2) is 9.78 Å². The molecule has 27 heavy (non-hydrogen) atoms. The van der Waals surface area contributed by atoms with E-state index in [9.17, 15) is 9.59 Å². The Kier molecular flexibility index (Phi) is 4.83. The molecule has 7 nitrogen and oxygen atoms in total. The first-order valence-corrected chi connectivity index (χ1v) is 9.53. The third kappa shape index (κ3) is 3.82. The first kappa shape index (κ1) is 17.6. The van der Waals surface area contributed by atoms with Crippen molar-refractivity contribution in [3.05, 3.63) is 47.5 Å². The number of rotatable bonds is 3. The Hall–Kier alpha value is -2.83. The molecule has 1 aromatic heterocycles. The Morgan fingerprint density at radius 1 is 1.15 bits per heavy atom. The van der Waals surface area contributed by atoms with Crippen LogP contribution in [0.2, 0.25) is 0 Å². The number of nitrogens with zero attached hydrogens (tertiary/aromatic N) is 4. The number of likely N-dealkylation sites (tertiary alicyclic amines) is 1. The minimum atomic E-state index is -0.100. The second-order valence-corrected chi connectivity index (χ2v) is 7.32. The Morgan fingerprint density at radius 2 is 1.96 bits per heavy atom. The number of imidazole rings is 1. The van der Waals surface area contributed by atoms with Crippen LogP contribution in [0.25, 0.3) is 0 Å². The van der Waals surface area contributed by atoms with Gasteiger partial charge < -0.3 is 19.7 Å². The van der Waals surface area contributed by atoms with Crippen molar-refractivity contribution >= 4 is 17.6 Å². The van der Waals surface area contributed by atoms with Gasteiger partial charge in [0.05, 0.1) is 30.8 Å². The van der Waals surface area contributed by atoms with Gasteiger partial charge in [0.25, 0.3) is 0 Å². The van der Waals surface area contributed by atoms with Crippen LogP contribution in [0.4, 0.5) is 10.5 Å². The minimum absolute atomic E-state index is 0.100. The Bertz CT molecular complexity index is 843. The summed E-state index contributed by atoms with van der Waals surface area (Å²) < 4.78 is 2.12. The van der Waals surface area contributed by atoms with Crippen molar-refractivity contribution in [2.75, 3.05) is 18.4 Å². The number of carbonyl (C=O) groups excluding carboxylic acids is 2. The zero-order valence-corrected chi connectivity index (χ0v) is 15.6. The SMILES string of the molecule is Cc1ccc(NC(=O)N2CCCn3cnc(CN4CCCC4=O)c3C2)cc1. The molecular formula is C20H25N5O2. The van der Waals surface area contributed by atoms with E-state index in [2.05, 4.69) is 14.9 Å². The van der Waals surface area contributed by atoms with Crippen molar-refractivity contribution in [2.24, 2.45) is 0 Å². The van der Waals surface area contributed by atoms with E-state index in [0.29, 0.717) is 26.1 Å². The zero-order chi connectivity index (χ0) is 18.8. The summed E-state index contributed by atoms with van der Waals surface area (Å²) in [5.74, 6) is 0.194. The number of anilines is 1. The van der Waals surface area contributed by atoms with Gasteiger partial charge in [-0.2, -0.15) is 0 Å². The van der Waals surface area contributed by atoms with Crippen LogP contribution in [0.3, 0.4) is 0 Å². The molecule has 2 aromatic rings. The van der Waals surface area contributed by atoms with Crippen molar-refractivity contribution < 1.29 is 9.59 Å². The highest BCUT2D eigenvalue weighted by Gasteiger charge is 2.26. The normalized spacial score (nSPS) is 17.0. The molecule has 0 radical (unpaired) electrons. The summed E-state index contributed by atoms with van der Waals surface area (Å²) in [6.45, 7) is 5.40. The summed E-state index contributed by atoms with van der Waals surface area (Å²) in [6, 6.07) is 7.70. The Balaban J connectivity index is 1.48. The van der Waals surface area contributed by atoms with Crippen LogP contribution in [0.15, 0.2) is 30.6 Å². The number of aromatic nitrogens is 2. The van der Waals surface area contributed by atoms with Crippen molar-refractivity contribution in [3.8, 4) is 0 Å². The van der Waals surface area contributed by atoms with Gasteiger partial charge in [0.1, 0.15) is 0 Å². The van der Waals surface area contributed by atoms with Gasteiger partial charge >= 0.3 is 6.03 Å². The maximum Gasteiger partial charge on any atom is 0.322 e. The standard InChI is InChI=1S/C20H25N5O2/c1-15-5-7-16(8-6-15)22-20(27)24-10-3-11-25-14-21-17(18(25)13-24)12-23-9-2-4-19(23)26/h5-8,14H,2-4,9-13H2,1H3,(H,22,27). The van der Waals surface area contributed by atoms with Gasteiger partial charge in [-0.15, -0.1) is 0 Å². The first-order chi connectivity index (χ1) is 13.1. The van der Waals surface area contributed by atoms with E-state index in [1.165, 1.54) is 0 Å². The summed E-state index contributed by atoms with van der Waals surface area (Å²) in [5.41, 5.74) is 3.89. The summed E-state index contributed by atoms with van der Waals surface area (Å²) >= 11 is 0. The molecule has 7 heteroatoms. The first-order valence-electron chi connectivity index (χ1n) is 9.53. The maximum atomic E-state index is 12.8. The molecular weight excluding hydrogens is 342 g/mol. The van der Waals surface area contributed by atoms with E-state index in [0.717, 1.165) is 48.6 Å². The number of carbonyl (C=O) groups is 2. The number of benzene rings is 1. The lowest BCUT2D eigenvalue weighted by atomic mass is 10.2. The number of nitrogens with one attached hydrogen (secondary N) is 1. The van der Waals surface area contributed by atoms with E-state index in [1.807, 2.05) is 47.3 Å². The molecule has 1 saturated heterocycles. The summed E-state index contributed by atoms with van der Waals surface area (Å²) in [5, 5.41) is 2.98. The highest BCUT2D eigenvalue weighted by atomic mass is 16.2. The molecule has 2 aliphatic rings. The quantitative estimate of drug-likeness (QED) is 0.907. The van der Waals surface area contributed by atoms with Crippen LogP contribution in [-0.2, 0) is 24.4 Å². The van der Waals surface area contributed by atoms with E-state index in [-0.39, 0.29) is 11.9 Å². The van der Waals surface area contributed by atoms with Gasteiger partial charge in [-0.05, 0) is 31.9 Å². The van der Waals surface area contributed by atoms with Gasteiger partial charge in [-0.1, -0.05) is 17.7 Å². The molecule has 0 spiro atoms. The van der Waals surface area contributed by atoms with Crippen LogP contribution in [0.1, 0.15) is 36.2 Å². The predicted molar refractivity (Wildman–Crippen MR) is 102 cm³/mol. The smallest absolute Gasteiger partial charge is 0.322 e. The summed E-state index contributed by atoms with van der Waals surface area (Å²) in [6.07, 6.45) is 4.26. The number of hydrogen-bond donors (Lipinski definition) is 1. The third-order valence-corrected chi connectivity index (χ3v) is 5.30. The number of fused-ring (bicyclic) bond motifs is 1. The predicted octanol–water partition coefficient (Wildman–Crippen LogP) is 2.75. The molecule has 4 rings (SSSR count). The molecule has 0 atom stereocenters. The highest BCUT2D eigenvalue weighted by Crippen LogP contribution is 2.21. The molecule has 0 saturated carbocycles. The molecule has 1 aromatic carbocycles. The Labute approximate surface area is 159 Å². The second kappa shape index (κ2) is 7.42. The fraction of sp³-hybridized carbons (Fsp3) is 0.450. The lowest BCUT2D eigenvalue weighted by Crippen LogP contribution is -2.35. The van der Waals surface area contributed by atoms with Crippen LogP contribution >= 0.6 is 0 Å². The Morgan fingerprint density at radius 3 is 2.70 bits per heavy atom. The molecule has 0 bridgehead atoms. The molecule has 2 aliphatic heterocycles. The van der Waals surface area contributed by atoms with Crippen molar-refractivity contribution in [1.29, 1.82) is 0 Å². The largest absolute Gasteiger partial charge is 0.337 e. The van der Waals surface area contributed by atoms with E-state index in [1.54, 1.807) is 0 Å². The second-order valence-electron chi connectivity index (χ2n) is 7.32. The van der Waals surface area contributed by atoms with Crippen LogP contribution in [-0.4, -0.2) is 44.4 Å². The van der Waals surface area contributed by atoms with Gasteiger partial charge in [0.15, 0.2) is 0 Å². The van der Waals surface area contributed by atoms with Crippen molar-refractivity contribution in [1.82, 2.24) is 19.4 Å². The molecule has 1 N–H and O–H groups in total. The number of urea groups is 1. The maximum absolute atomic E-state index is 12.8. The van der Waals surface area contributed by atoms with Crippen LogP contribution in [0.5, 0.6) is 0 Å². The number of hydrogen-bond acceptors (Lipinski definition) is 3. The molecule has 0 unspecified atom stereocenters. The van der Waals surface area contributed by atoms with Crippen molar-refractivity contribution in [2.45, 2.75) is 45.8 Å². The summed E-state index contributed by atoms with van der Waals surface area (Å²) in [7, 11) is 0. The fourth-order valence-corrected chi connectivity index (χ4v) is 3.71. The number of amides is 3. The number of aryl methyl sites for hydroxylation is 2. The third-order valence-electron chi connectivity index (χ3n) is 5.30. The average Bonchev–Trinajstić information content (AvgIpc) is 3.16. The highest BCUT2D eigenvalue weighted by molar-refractivity contribution is 5.89. The molecule has 1 fully saturated rings. The summed E-state index contributed by atoms with van der Waals surface area (Å²) in [4.78, 5) is 32.9. The van der Waals surface area contributed by atoms with Crippen LogP contribution in [0, 0.1) is 6.92 Å². The van der Waals surface area contributed by atoms with E-state index < -0.39 is 0 Å². The van der Waals surface area contributed by atoms with Crippen LogP contribution < -0.4 is 5.32 Å². The lowest BCUT2D eigenvalue weighted by Gasteiger charge is -2.22. The van der Waals surface area contributed by atoms with E-state index >= 15 is 0 Å². The minimum Gasteiger partial charge on any atom is -0.337 e. The fourth-order valence-electron chi connectivity index (χ4n) is 3.71. The van der Waals surface area contributed by atoms with Gasteiger partial charge in [-0.3, -0.25) is 4.79 Å². The molecule has 0 aliphatic carbocycles. The monoisotopic (exact) mass is 367 g/mol. The topological polar surface area (TPSA) is 70.5 Å². The molecule has 3 amide bonds. The lowest BCUT2D eigenvalue weighted by molar-refractivity contribution is -0.128. The van der Waals surface area contributed by atoms with E-state index in [4.69, 9.17) is 0 Å². The zero-order valence-electron chi connectivity index (χ0n) is 15.6. The molecule has 142 valence electrons. The molecule has 3 heterocycles. The van der Waals surface area contributed by atoms with Crippen molar-refractivity contribution in [3.63, 3.8) is 0 Å². The average molecular weight is 367 g/mol.